The van der Waals surface area contributed by atoms with Gasteiger partial charge in [-0.15, -0.1) is 0 Å². The number of hydrogen-bond donors (Lipinski definition) is 1. The number of sulfonamides is 1. The molecule has 0 saturated carbocycles. The zero-order valence-electron chi connectivity index (χ0n) is 16.0. The Bertz CT molecular complexity index is 851. The molecule has 0 aliphatic heterocycles. The van der Waals surface area contributed by atoms with Gasteiger partial charge in [0.05, 0.1) is 18.1 Å². The number of rotatable bonds is 9. The van der Waals surface area contributed by atoms with Gasteiger partial charge in [0.1, 0.15) is 0 Å². The molecular formula is C20H26ClNO4S. The highest BCUT2D eigenvalue weighted by Gasteiger charge is 2.25. The molecule has 0 aromatic heterocycles. The normalized spacial score (nSPS) is 12.8. The second-order valence-corrected chi connectivity index (χ2v) is 8.52. The van der Waals surface area contributed by atoms with Gasteiger partial charge in [-0.3, -0.25) is 0 Å². The molecule has 0 fully saturated rings. The van der Waals surface area contributed by atoms with Crippen molar-refractivity contribution < 1.29 is 17.9 Å². The molecular weight excluding hydrogens is 386 g/mol. The summed E-state index contributed by atoms with van der Waals surface area (Å²) in [6, 6.07) is 11.2. The Kier molecular flexibility index (Phi) is 7.53. The molecule has 5 nitrogen and oxygen atoms in total. The van der Waals surface area contributed by atoms with E-state index in [2.05, 4.69) is 4.72 Å². The van der Waals surface area contributed by atoms with Gasteiger partial charge in [-0.05, 0) is 61.7 Å². The van der Waals surface area contributed by atoms with Crippen LogP contribution in [0, 0.1) is 5.92 Å². The summed E-state index contributed by atoms with van der Waals surface area (Å²) in [6.07, 6.45) is 0. The molecule has 0 radical (unpaired) electrons. The number of halogens is 1. The Morgan fingerprint density at radius 1 is 0.963 bits per heavy atom. The first kappa shape index (κ1) is 21.5. The van der Waals surface area contributed by atoms with Gasteiger partial charge in [0, 0.05) is 11.1 Å². The van der Waals surface area contributed by atoms with E-state index in [1.165, 1.54) is 12.1 Å². The first-order chi connectivity index (χ1) is 12.8. The zero-order valence-corrected chi connectivity index (χ0v) is 17.6. The van der Waals surface area contributed by atoms with Crippen LogP contribution < -0.4 is 14.2 Å². The van der Waals surface area contributed by atoms with Crippen LogP contribution in [0.2, 0.25) is 5.02 Å². The van der Waals surface area contributed by atoms with Crippen LogP contribution in [0.25, 0.3) is 0 Å². The molecule has 0 amide bonds. The summed E-state index contributed by atoms with van der Waals surface area (Å²) in [7, 11) is -3.70. The summed E-state index contributed by atoms with van der Waals surface area (Å²) < 4.78 is 39.7. The van der Waals surface area contributed by atoms with Gasteiger partial charge in [0.15, 0.2) is 11.5 Å². The molecule has 0 bridgehead atoms. The standard InChI is InChI=1S/C20H26ClNO4S/c1-5-25-18-12-7-15(13-19(18)26-6-2)20(14(3)4)22-27(23,24)17-10-8-16(21)9-11-17/h7-14,20,22H,5-6H2,1-4H3. The van der Waals surface area contributed by atoms with Crippen LogP contribution in [0.15, 0.2) is 47.4 Å². The first-order valence-corrected chi connectivity index (χ1v) is 10.8. The Labute approximate surface area is 166 Å². The van der Waals surface area contributed by atoms with Gasteiger partial charge >= 0.3 is 0 Å². The molecule has 2 aromatic rings. The highest BCUT2D eigenvalue weighted by atomic mass is 35.5. The lowest BCUT2D eigenvalue weighted by Crippen LogP contribution is -2.31. The molecule has 1 N–H and O–H groups in total. The van der Waals surface area contributed by atoms with E-state index in [1.807, 2.05) is 45.9 Å². The van der Waals surface area contributed by atoms with Gasteiger partial charge in [0.25, 0.3) is 0 Å². The SMILES string of the molecule is CCOc1ccc(C(NS(=O)(=O)c2ccc(Cl)cc2)C(C)C)cc1OCC. The maximum Gasteiger partial charge on any atom is 0.241 e. The molecule has 2 aromatic carbocycles. The predicted octanol–water partition coefficient (Wildman–Crippen LogP) is 4.81. The number of nitrogens with one attached hydrogen (secondary N) is 1. The van der Waals surface area contributed by atoms with Crippen molar-refractivity contribution in [2.75, 3.05) is 13.2 Å². The predicted molar refractivity (Wildman–Crippen MR) is 108 cm³/mol. The zero-order chi connectivity index (χ0) is 20.0. The van der Waals surface area contributed by atoms with Crippen molar-refractivity contribution in [2.24, 2.45) is 5.92 Å². The van der Waals surface area contributed by atoms with Gasteiger partial charge in [0.2, 0.25) is 10.0 Å². The largest absolute Gasteiger partial charge is 0.490 e. The minimum atomic E-state index is -3.70. The van der Waals surface area contributed by atoms with E-state index in [9.17, 15) is 8.42 Å². The number of benzene rings is 2. The quantitative estimate of drug-likeness (QED) is 0.642. The molecule has 7 heteroatoms. The summed E-state index contributed by atoms with van der Waals surface area (Å²) in [5.41, 5.74) is 0.814. The van der Waals surface area contributed by atoms with Gasteiger partial charge in [-0.1, -0.05) is 31.5 Å². The van der Waals surface area contributed by atoms with E-state index in [0.29, 0.717) is 29.7 Å². The summed E-state index contributed by atoms with van der Waals surface area (Å²) in [5, 5.41) is 0.488. The summed E-state index contributed by atoms with van der Waals surface area (Å²) in [5.74, 6) is 1.28. The van der Waals surface area contributed by atoms with Crippen LogP contribution in [0.5, 0.6) is 11.5 Å². The molecule has 0 aliphatic carbocycles. The lowest BCUT2D eigenvalue weighted by molar-refractivity contribution is 0.287. The molecule has 0 heterocycles. The third kappa shape index (κ3) is 5.61. The molecule has 0 aliphatic rings. The van der Waals surface area contributed by atoms with Crippen molar-refractivity contribution in [3.63, 3.8) is 0 Å². The highest BCUT2D eigenvalue weighted by molar-refractivity contribution is 7.89. The van der Waals surface area contributed by atoms with E-state index >= 15 is 0 Å². The maximum atomic E-state index is 12.8. The topological polar surface area (TPSA) is 64.6 Å². The van der Waals surface area contributed by atoms with Crippen molar-refractivity contribution >= 4 is 21.6 Å². The van der Waals surface area contributed by atoms with E-state index < -0.39 is 16.1 Å². The molecule has 2 rings (SSSR count). The van der Waals surface area contributed by atoms with Gasteiger partial charge in [-0.2, -0.15) is 0 Å². The minimum Gasteiger partial charge on any atom is -0.490 e. The average molecular weight is 412 g/mol. The number of hydrogen-bond acceptors (Lipinski definition) is 4. The fraction of sp³-hybridized carbons (Fsp3) is 0.400. The first-order valence-electron chi connectivity index (χ1n) is 8.96. The minimum absolute atomic E-state index is 0.0273. The Hall–Kier alpha value is -1.76. The van der Waals surface area contributed by atoms with Gasteiger partial charge < -0.3 is 9.47 Å². The van der Waals surface area contributed by atoms with Crippen LogP contribution in [0.4, 0.5) is 0 Å². The second-order valence-electron chi connectivity index (χ2n) is 6.37. The summed E-state index contributed by atoms with van der Waals surface area (Å²) in [6.45, 7) is 8.74. The average Bonchev–Trinajstić information content (AvgIpc) is 2.62. The van der Waals surface area contributed by atoms with Crippen molar-refractivity contribution in [1.82, 2.24) is 4.72 Å². The molecule has 1 unspecified atom stereocenters. The van der Waals surface area contributed by atoms with E-state index in [1.54, 1.807) is 12.1 Å². The van der Waals surface area contributed by atoms with Crippen LogP contribution in [-0.4, -0.2) is 21.6 Å². The smallest absolute Gasteiger partial charge is 0.241 e. The Balaban J connectivity index is 2.37. The summed E-state index contributed by atoms with van der Waals surface area (Å²) in [4.78, 5) is 0.175. The molecule has 0 spiro atoms. The van der Waals surface area contributed by atoms with E-state index in [-0.39, 0.29) is 10.8 Å². The lowest BCUT2D eigenvalue weighted by Gasteiger charge is -2.24. The number of ether oxygens (including phenoxy) is 2. The van der Waals surface area contributed by atoms with E-state index in [4.69, 9.17) is 21.1 Å². The van der Waals surface area contributed by atoms with Gasteiger partial charge in [-0.25, -0.2) is 13.1 Å². The molecule has 0 saturated heterocycles. The monoisotopic (exact) mass is 411 g/mol. The molecule has 27 heavy (non-hydrogen) atoms. The van der Waals surface area contributed by atoms with Crippen LogP contribution >= 0.6 is 11.6 Å². The molecule has 1 atom stereocenters. The van der Waals surface area contributed by atoms with Crippen molar-refractivity contribution in [1.29, 1.82) is 0 Å². The fourth-order valence-electron chi connectivity index (χ4n) is 2.70. The highest BCUT2D eigenvalue weighted by Crippen LogP contribution is 2.33. The van der Waals surface area contributed by atoms with Crippen molar-refractivity contribution in [3.8, 4) is 11.5 Å². The molecule has 148 valence electrons. The third-order valence-electron chi connectivity index (χ3n) is 4.00. The van der Waals surface area contributed by atoms with E-state index in [0.717, 1.165) is 5.56 Å². The Morgan fingerprint density at radius 2 is 1.56 bits per heavy atom. The second kappa shape index (κ2) is 9.44. The lowest BCUT2D eigenvalue weighted by atomic mass is 9.97. The van der Waals surface area contributed by atoms with Crippen molar-refractivity contribution in [2.45, 2.75) is 38.6 Å². The summed E-state index contributed by atoms with van der Waals surface area (Å²) >= 11 is 5.86. The van der Waals surface area contributed by atoms with Crippen molar-refractivity contribution in [3.05, 3.63) is 53.1 Å². The Morgan fingerprint density at radius 3 is 2.11 bits per heavy atom. The van der Waals surface area contributed by atoms with Crippen LogP contribution in [0.3, 0.4) is 0 Å². The maximum absolute atomic E-state index is 12.8. The van der Waals surface area contributed by atoms with Crippen LogP contribution in [0.1, 0.15) is 39.3 Å². The third-order valence-corrected chi connectivity index (χ3v) is 5.71. The fourth-order valence-corrected chi connectivity index (χ4v) is 4.20. The van der Waals surface area contributed by atoms with Crippen LogP contribution in [-0.2, 0) is 10.0 Å².